The normalized spacial score (nSPS) is 13.6. The highest BCUT2D eigenvalue weighted by molar-refractivity contribution is 5.33. The maximum Gasteiger partial charge on any atom is 0.139 e. The van der Waals surface area contributed by atoms with Crippen molar-refractivity contribution in [3.63, 3.8) is 0 Å². The van der Waals surface area contributed by atoms with Gasteiger partial charge in [0, 0.05) is 6.04 Å². The number of rotatable bonds is 5. The number of ether oxygens (including phenoxy) is 2. The Balaban J connectivity index is 2.27. The highest BCUT2D eigenvalue weighted by atomic mass is 16.5. The second-order valence-electron chi connectivity index (χ2n) is 4.99. The molecule has 0 aromatic heterocycles. The van der Waals surface area contributed by atoms with Gasteiger partial charge in [-0.3, -0.25) is 0 Å². The van der Waals surface area contributed by atoms with E-state index in [4.69, 9.17) is 15.2 Å². The summed E-state index contributed by atoms with van der Waals surface area (Å²) in [5.74, 6) is 1.64. The van der Waals surface area contributed by atoms with E-state index in [1.54, 1.807) is 7.11 Å². The highest BCUT2D eigenvalue weighted by Crippen LogP contribution is 2.27. The SMILES string of the molecule is COc1cccc(C(Oc2cccc(C)c2)C(C)N)c1. The van der Waals surface area contributed by atoms with Crippen LogP contribution in [0.15, 0.2) is 48.5 Å². The van der Waals surface area contributed by atoms with E-state index in [9.17, 15) is 0 Å². The van der Waals surface area contributed by atoms with Crippen LogP contribution in [-0.2, 0) is 0 Å². The van der Waals surface area contributed by atoms with Gasteiger partial charge in [-0.2, -0.15) is 0 Å². The summed E-state index contributed by atoms with van der Waals surface area (Å²) in [6.45, 7) is 3.99. The summed E-state index contributed by atoms with van der Waals surface area (Å²) in [7, 11) is 1.65. The van der Waals surface area contributed by atoms with Gasteiger partial charge in [-0.25, -0.2) is 0 Å². The van der Waals surface area contributed by atoms with Crippen LogP contribution in [0.2, 0.25) is 0 Å². The van der Waals surface area contributed by atoms with Crippen LogP contribution >= 0.6 is 0 Å². The standard InChI is InChI=1S/C17H21NO2/c1-12-6-4-9-16(10-12)20-17(13(2)18)14-7-5-8-15(11-14)19-3/h4-11,13,17H,18H2,1-3H3. The lowest BCUT2D eigenvalue weighted by Gasteiger charge is -2.23. The molecule has 0 saturated carbocycles. The van der Waals surface area contributed by atoms with Crippen LogP contribution in [0.25, 0.3) is 0 Å². The second kappa shape index (κ2) is 6.44. The van der Waals surface area contributed by atoms with Gasteiger partial charge in [0.2, 0.25) is 0 Å². The van der Waals surface area contributed by atoms with Crippen molar-refractivity contribution in [3.8, 4) is 11.5 Å². The summed E-state index contributed by atoms with van der Waals surface area (Å²) in [5, 5.41) is 0. The van der Waals surface area contributed by atoms with Gasteiger partial charge in [-0.1, -0.05) is 24.3 Å². The van der Waals surface area contributed by atoms with Gasteiger partial charge in [-0.15, -0.1) is 0 Å². The van der Waals surface area contributed by atoms with Crippen molar-refractivity contribution in [1.82, 2.24) is 0 Å². The van der Waals surface area contributed by atoms with E-state index >= 15 is 0 Å². The van der Waals surface area contributed by atoms with Crippen molar-refractivity contribution in [1.29, 1.82) is 0 Å². The molecular formula is C17H21NO2. The molecule has 106 valence electrons. The number of hydrogen-bond acceptors (Lipinski definition) is 3. The maximum absolute atomic E-state index is 6.08. The molecule has 0 aliphatic rings. The topological polar surface area (TPSA) is 44.5 Å². The Labute approximate surface area is 120 Å². The van der Waals surface area contributed by atoms with Crippen LogP contribution in [0.4, 0.5) is 0 Å². The molecule has 0 radical (unpaired) electrons. The fourth-order valence-electron chi connectivity index (χ4n) is 2.13. The Kier molecular flexibility index (Phi) is 4.64. The maximum atomic E-state index is 6.08. The first-order chi connectivity index (χ1) is 9.60. The Hall–Kier alpha value is -2.00. The summed E-state index contributed by atoms with van der Waals surface area (Å²) in [4.78, 5) is 0. The third-order valence-electron chi connectivity index (χ3n) is 3.15. The third-order valence-corrected chi connectivity index (χ3v) is 3.15. The van der Waals surface area contributed by atoms with E-state index in [0.29, 0.717) is 0 Å². The Morgan fingerprint density at radius 2 is 1.70 bits per heavy atom. The van der Waals surface area contributed by atoms with Crippen LogP contribution in [0.5, 0.6) is 11.5 Å². The molecule has 0 saturated heterocycles. The predicted octanol–water partition coefficient (Wildman–Crippen LogP) is 3.47. The molecule has 0 aliphatic carbocycles. The van der Waals surface area contributed by atoms with Crippen LogP contribution in [-0.4, -0.2) is 13.2 Å². The van der Waals surface area contributed by atoms with Gasteiger partial charge >= 0.3 is 0 Å². The molecule has 2 N–H and O–H groups in total. The van der Waals surface area contributed by atoms with Crippen molar-refractivity contribution in [3.05, 3.63) is 59.7 Å². The van der Waals surface area contributed by atoms with E-state index < -0.39 is 0 Å². The Morgan fingerprint density at radius 1 is 1.00 bits per heavy atom. The summed E-state index contributed by atoms with van der Waals surface area (Å²) in [5.41, 5.74) is 8.26. The first kappa shape index (κ1) is 14.4. The smallest absolute Gasteiger partial charge is 0.139 e. The lowest BCUT2D eigenvalue weighted by molar-refractivity contribution is 0.180. The minimum atomic E-state index is -0.202. The first-order valence-electron chi connectivity index (χ1n) is 6.73. The highest BCUT2D eigenvalue weighted by Gasteiger charge is 2.18. The van der Waals surface area contributed by atoms with Crippen molar-refractivity contribution in [2.75, 3.05) is 7.11 Å². The fourth-order valence-corrected chi connectivity index (χ4v) is 2.13. The molecule has 0 fully saturated rings. The number of aryl methyl sites for hydroxylation is 1. The van der Waals surface area contributed by atoms with Crippen molar-refractivity contribution in [2.24, 2.45) is 5.73 Å². The number of methoxy groups -OCH3 is 1. The Morgan fingerprint density at radius 3 is 2.35 bits per heavy atom. The van der Waals surface area contributed by atoms with Gasteiger partial charge in [-0.05, 0) is 49.2 Å². The summed E-state index contributed by atoms with van der Waals surface area (Å²) in [6, 6.07) is 15.7. The molecule has 3 heteroatoms. The lowest BCUT2D eigenvalue weighted by atomic mass is 10.0. The summed E-state index contributed by atoms with van der Waals surface area (Å²) < 4.78 is 11.3. The number of benzene rings is 2. The largest absolute Gasteiger partial charge is 0.497 e. The quantitative estimate of drug-likeness (QED) is 0.905. The lowest BCUT2D eigenvalue weighted by Crippen LogP contribution is -2.29. The second-order valence-corrected chi connectivity index (χ2v) is 4.99. The summed E-state index contributed by atoms with van der Waals surface area (Å²) in [6.07, 6.45) is -0.202. The first-order valence-corrected chi connectivity index (χ1v) is 6.73. The van der Waals surface area contributed by atoms with Crippen LogP contribution in [0.3, 0.4) is 0 Å². The molecule has 0 bridgehead atoms. The average Bonchev–Trinajstić information content (AvgIpc) is 2.44. The minimum Gasteiger partial charge on any atom is -0.497 e. The molecule has 20 heavy (non-hydrogen) atoms. The molecule has 2 unspecified atom stereocenters. The third kappa shape index (κ3) is 3.52. The van der Waals surface area contributed by atoms with E-state index in [-0.39, 0.29) is 12.1 Å². The number of nitrogens with two attached hydrogens (primary N) is 1. The van der Waals surface area contributed by atoms with Crippen LogP contribution in [0.1, 0.15) is 24.2 Å². The molecule has 3 nitrogen and oxygen atoms in total. The molecule has 2 rings (SSSR count). The molecule has 2 aromatic rings. The zero-order chi connectivity index (χ0) is 14.5. The van der Waals surface area contributed by atoms with E-state index in [0.717, 1.165) is 22.6 Å². The van der Waals surface area contributed by atoms with E-state index in [1.165, 1.54) is 0 Å². The molecule has 0 spiro atoms. The number of hydrogen-bond donors (Lipinski definition) is 1. The predicted molar refractivity (Wildman–Crippen MR) is 81.2 cm³/mol. The molecule has 0 amide bonds. The van der Waals surface area contributed by atoms with Crippen molar-refractivity contribution in [2.45, 2.75) is 26.0 Å². The van der Waals surface area contributed by atoms with E-state index in [2.05, 4.69) is 0 Å². The van der Waals surface area contributed by atoms with Gasteiger partial charge in [0.25, 0.3) is 0 Å². The van der Waals surface area contributed by atoms with Crippen LogP contribution in [0, 0.1) is 6.92 Å². The minimum absolute atomic E-state index is 0.123. The van der Waals surface area contributed by atoms with Crippen molar-refractivity contribution >= 4 is 0 Å². The van der Waals surface area contributed by atoms with Gasteiger partial charge in [0.15, 0.2) is 0 Å². The van der Waals surface area contributed by atoms with Gasteiger partial charge in [0.1, 0.15) is 17.6 Å². The Bertz CT molecular complexity index is 566. The average molecular weight is 271 g/mol. The van der Waals surface area contributed by atoms with Gasteiger partial charge in [0.05, 0.1) is 7.11 Å². The van der Waals surface area contributed by atoms with E-state index in [1.807, 2.05) is 62.4 Å². The fraction of sp³-hybridized carbons (Fsp3) is 0.294. The van der Waals surface area contributed by atoms with Gasteiger partial charge < -0.3 is 15.2 Å². The monoisotopic (exact) mass is 271 g/mol. The molecule has 0 aliphatic heterocycles. The van der Waals surface area contributed by atoms with Crippen molar-refractivity contribution < 1.29 is 9.47 Å². The zero-order valence-electron chi connectivity index (χ0n) is 12.2. The molecule has 0 heterocycles. The molecular weight excluding hydrogens is 250 g/mol. The molecule has 2 atom stereocenters. The summed E-state index contributed by atoms with van der Waals surface area (Å²) >= 11 is 0. The van der Waals surface area contributed by atoms with Crippen LogP contribution < -0.4 is 15.2 Å². The zero-order valence-corrected chi connectivity index (χ0v) is 12.2. The molecule has 2 aromatic carbocycles.